The Hall–Kier alpha value is -7.18. The maximum Gasteiger partial charge on any atom is 0.161 e. The number of aromatic nitrogens is 2. The fourth-order valence-corrected chi connectivity index (χ4v) is 7.56. The van der Waals surface area contributed by atoms with E-state index in [2.05, 4.69) is 112 Å². The van der Waals surface area contributed by atoms with Crippen LogP contribution in [0.1, 0.15) is 0 Å². The molecule has 0 unspecified atom stereocenters. The quantitative estimate of drug-likeness (QED) is 0.182. The molecule has 0 saturated heterocycles. The zero-order valence-electron chi connectivity index (χ0n) is 27.7. The molecule has 5 aromatic heterocycles. The number of rotatable bonds is 5. The van der Waals surface area contributed by atoms with E-state index in [0.29, 0.717) is 0 Å². The number of furan rings is 3. The average molecular weight is 670 g/mol. The Labute approximate surface area is 296 Å². The number of benzene rings is 6. The summed E-state index contributed by atoms with van der Waals surface area (Å²) in [5.41, 5.74) is 13.8. The monoisotopic (exact) mass is 669 g/mol. The molecular formula is C46H27N3O3. The SMILES string of the molecule is c1ccc2c(c1)oc1cc(N(c3ccc(-c4cccc5c4oc4cccnc45)cc3)c3ccc(-c4ccnc5c4oc4ccccc45)cc3)ccc12. The highest BCUT2D eigenvalue weighted by Gasteiger charge is 2.19. The molecule has 6 aromatic carbocycles. The molecule has 0 aliphatic carbocycles. The molecule has 0 saturated carbocycles. The second kappa shape index (κ2) is 11.2. The lowest BCUT2D eigenvalue weighted by atomic mass is 10.0. The predicted octanol–water partition coefficient (Wildman–Crippen LogP) is 13.0. The third-order valence-corrected chi connectivity index (χ3v) is 10.0. The third-order valence-electron chi connectivity index (χ3n) is 10.0. The first-order chi connectivity index (χ1) is 25.8. The molecule has 0 aliphatic heterocycles. The van der Waals surface area contributed by atoms with Crippen molar-refractivity contribution in [3.8, 4) is 22.3 Å². The first kappa shape index (κ1) is 28.6. The number of pyridine rings is 2. The van der Waals surface area contributed by atoms with E-state index in [9.17, 15) is 0 Å². The van der Waals surface area contributed by atoms with Crippen LogP contribution in [0.15, 0.2) is 177 Å². The summed E-state index contributed by atoms with van der Waals surface area (Å²) >= 11 is 0. The summed E-state index contributed by atoms with van der Waals surface area (Å²) < 4.78 is 19.0. The highest BCUT2D eigenvalue weighted by atomic mass is 16.3. The first-order valence-corrected chi connectivity index (χ1v) is 17.2. The minimum Gasteiger partial charge on any atom is -0.456 e. The summed E-state index contributed by atoms with van der Waals surface area (Å²) in [4.78, 5) is 11.5. The molecule has 0 aliphatic rings. The van der Waals surface area contributed by atoms with Crippen LogP contribution in [0.3, 0.4) is 0 Å². The van der Waals surface area contributed by atoms with Crippen molar-refractivity contribution in [3.63, 3.8) is 0 Å². The Bertz CT molecular complexity index is 2980. The van der Waals surface area contributed by atoms with Gasteiger partial charge >= 0.3 is 0 Å². The molecule has 0 atom stereocenters. The zero-order valence-corrected chi connectivity index (χ0v) is 27.7. The molecule has 6 heteroatoms. The molecule has 0 amide bonds. The van der Waals surface area contributed by atoms with Gasteiger partial charge in [0.1, 0.15) is 33.4 Å². The molecule has 0 N–H and O–H groups in total. The van der Waals surface area contributed by atoms with Crippen molar-refractivity contribution in [2.45, 2.75) is 0 Å². The lowest BCUT2D eigenvalue weighted by molar-refractivity contribution is 0.668. The standard InChI is InChI=1S/C46H27N3O3/c1-3-11-39-35(7-1)36-23-22-32(27-42(36)50-39)49(30-18-14-28(15-19-30)33-9-5-10-38-43-41(52-45(33)38)13-6-25-47-43)31-20-16-29(17-21-31)34-24-26-48-44-37-8-2-4-12-40(37)51-46(34)44/h1-27H. The van der Waals surface area contributed by atoms with E-state index >= 15 is 0 Å². The molecule has 52 heavy (non-hydrogen) atoms. The molecule has 0 bridgehead atoms. The highest BCUT2D eigenvalue weighted by Crippen LogP contribution is 2.42. The van der Waals surface area contributed by atoms with Gasteiger partial charge in [0.05, 0.1) is 0 Å². The topological polar surface area (TPSA) is 68.4 Å². The fraction of sp³-hybridized carbons (Fsp3) is 0. The van der Waals surface area contributed by atoms with Crippen LogP contribution in [-0.4, -0.2) is 9.97 Å². The molecule has 6 nitrogen and oxygen atoms in total. The van der Waals surface area contributed by atoms with Crippen LogP contribution in [0.5, 0.6) is 0 Å². The second-order valence-electron chi connectivity index (χ2n) is 13.0. The largest absolute Gasteiger partial charge is 0.456 e. The Kier molecular flexibility index (Phi) is 6.15. The minimum absolute atomic E-state index is 0.782. The van der Waals surface area contributed by atoms with Crippen LogP contribution in [0, 0.1) is 0 Å². The Morgan fingerprint density at radius 2 is 0.962 bits per heavy atom. The fourth-order valence-electron chi connectivity index (χ4n) is 7.56. The summed E-state index contributed by atoms with van der Waals surface area (Å²) in [5.74, 6) is 0. The summed E-state index contributed by atoms with van der Waals surface area (Å²) in [7, 11) is 0. The van der Waals surface area contributed by atoms with Gasteiger partial charge in [0.2, 0.25) is 0 Å². The predicted molar refractivity (Wildman–Crippen MR) is 209 cm³/mol. The van der Waals surface area contributed by atoms with Crippen LogP contribution in [0.4, 0.5) is 17.1 Å². The maximum atomic E-state index is 6.34. The lowest BCUT2D eigenvalue weighted by Crippen LogP contribution is -2.09. The van der Waals surface area contributed by atoms with Gasteiger partial charge in [-0.2, -0.15) is 0 Å². The van der Waals surface area contributed by atoms with Gasteiger partial charge in [-0.3, -0.25) is 9.97 Å². The second-order valence-corrected chi connectivity index (χ2v) is 13.0. The van der Waals surface area contributed by atoms with E-state index in [1.54, 1.807) is 6.20 Å². The van der Waals surface area contributed by atoms with Crippen molar-refractivity contribution in [2.75, 3.05) is 4.90 Å². The lowest BCUT2D eigenvalue weighted by Gasteiger charge is -2.26. The van der Waals surface area contributed by atoms with Crippen molar-refractivity contribution in [1.82, 2.24) is 9.97 Å². The Morgan fingerprint density at radius 1 is 0.365 bits per heavy atom. The molecule has 0 spiro atoms. The molecular weight excluding hydrogens is 643 g/mol. The number of hydrogen-bond acceptors (Lipinski definition) is 6. The van der Waals surface area contributed by atoms with E-state index < -0.39 is 0 Å². The maximum absolute atomic E-state index is 6.34. The van der Waals surface area contributed by atoms with Gasteiger partial charge < -0.3 is 18.2 Å². The van der Waals surface area contributed by atoms with E-state index in [1.165, 1.54) is 0 Å². The van der Waals surface area contributed by atoms with Gasteiger partial charge in [-0.25, -0.2) is 0 Å². The smallest absolute Gasteiger partial charge is 0.161 e. The number of hydrogen-bond donors (Lipinski definition) is 0. The normalized spacial score (nSPS) is 11.8. The molecule has 11 aromatic rings. The van der Waals surface area contributed by atoms with Crippen molar-refractivity contribution >= 4 is 83.1 Å². The Morgan fingerprint density at radius 3 is 1.75 bits per heavy atom. The van der Waals surface area contributed by atoms with Gasteiger partial charge in [-0.1, -0.05) is 66.7 Å². The molecule has 5 heterocycles. The zero-order chi connectivity index (χ0) is 34.2. The third kappa shape index (κ3) is 4.38. The molecule has 244 valence electrons. The summed E-state index contributed by atoms with van der Waals surface area (Å²) in [6.07, 6.45) is 3.66. The van der Waals surface area contributed by atoms with Gasteiger partial charge in [0, 0.05) is 68.2 Å². The van der Waals surface area contributed by atoms with Gasteiger partial charge in [0.15, 0.2) is 11.2 Å². The Balaban J connectivity index is 1.03. The van der Waals surface area contributed by atoms with Crippen LogP contribution >= 0.6 is 0 Å². The average Bonchev–Trinajstić information content (AvgIpc) is 3.90. The molecule has 0 fully saturated rings. The van der Waals surface area contributed by atoms with Crippen molar-refractivity contribution in [2.24, 2.45) is 0 Å². The first-order valence-electron chi connectivity index (χ1n) is 17.2. The number of nitrogens with zero attached hydrogens (tertiary/aromatic N) is 3. The summed E-state index contributed by atoms with van der Waals surface area (Å²) in [6, 6.07) is 52.0. The highest BCUT2D eigenvalue weighted by molar-refractivity contribution is 6.09. The molecule has 11 rings (SSSR count). The van der Waals surface area contributed by atoms with Crippen LogP contribution in [0.25, 0.3) is 88.3 Å². The van der Waals surface area contributed by atoms with Crippen LogP contribution < -0.4 is 4.90 Å². The number of anilines is 3. The minimum atomic E-state index is 0.782. The van der Waals surface area contributed by atoms with E-state index in [4.69, 9.17) is 13.3 Å². The van der Waals surface area contributed by atoms with Gasteiger partial charge in [0.25, 0.3) is 0 Å². The van der Waals surface area contributed by atoms with Crippen molar-refractivity contribution in [3.05, 3.63) is 164 Å². The summed E-state index contributed by atoms with van der Waals surface area (Å²) in [5, 5.41) is 4.21. The van der Waals surface area contributed by atoms with E-state index in [-0.39, 0.29) is 0 Å². The van der Waals surface area contributed by atoms with Gasteiger partial charge in [-0.15, -0.1) is 0 Å². The number of para-hydroxylation sites is 3. The van der Waals surface area contributed by atoms with Gasteiger partial charge in [-0.05, 0) is 90.0 Å². The molecule has 0 radical (unpaired) electrons. The van der Waals surface area contributed by atoms with Crippen molar-refractivity contribution < 1.29 is 13.3 Å². The van der Waals surface area contributed by atoms with Crippen LogP contribution in [0.2, 0.25) is 0 Å². The van der Waals surface area contributed by atoms with E-state index in [1.807, 2.05) is 60.8 Å². The number of fused-ring (bicyclic) bond motifs is 9. The van der Waals surface area contributed by atoms with Crippen molar-refractivity contribution in [1.29, 1.82) is 0 Å². The summed E-state index contributed by atoms with van der Waals surface area (Å²) in [6.45, 7) is 0. The van der Waals surface area contributed by atoms with Crippen LogP contribution in [-0.2, 0) is 0 Å². The van der Waals surface area contributed by atoms with E-state index in [0.717, 1.165) is 105 Å².